The van der Waals surface area contributed by atoms with Gasteiger partial charge in [-0.25, -0.2) is 9.89 Å². The summed E-state index contributed by atoms with van der Waals surface area (Å²) in [6.45, 7) is 5.98. The number of benzene rings is 1. The molecule has 0 aliphatic heterocycles. The van der Waals surface area contributed by atoms with E-state index in [1.165, 1.54) is 6.20 Å². The predicted octanol–water partition coefficient (Wildman–Crippen LogP) is 1.79. The SMILES string of the molecule is CC(C)(C)Oc1ccc(/C=N/Nc2cn[nH]c(=O)n2)cc1. The predicted molar refractivity (Wildman–Crippen MR) is 80.7 cm³/mol. The molecule has 2 aromatic rings. The van der Waals surface area contributed by atoms with Crippen molar-refractivity contribution in [1.82, 2.24) is 15.2 Å². The Bertz CT molecular complexity index is 671. The van der Waals surface area contributed by atoms with Gasteiger partial charge in [-0.1, -0.05) is 0 Å². The van der Waals surface area contributed by atoms with E-state index < -0.39 is 5.69 Å². The molecule has 2 N–H and O–H groups in total. The molecule has 0 radical (unpaired) electrons. The molecule has 0 unspecified atom stereocenters. The first kappa shape index (κ1) is 14.7. The molecule has 1 heterocycles. The minimum Gasteiger partial charge on any atom is -0.488 e. The number of ether oxygens (including phenoxy) is 1. The Balaban J connectivity index is 1.97. The molecule has 110 valence electrons. The van der Waals surface area contributed by atoms with Gasteiger partial charge in [0.05, 0.1) is 12.4 Å². The zero-order valence-electron chi connectivity index (χ0n) is 12.1. The second-order valence-electron chi connectivity index (χ2n) is 5.33. The third kappa shape index (κ3) is 5.06. The molecule has 0 saturated carbocycles. The van der Waals surface area contributed by atoms with Gasteiger partial charge in [0, 0.05) is 0 Å². The van der Waals surface area contributed by atoms with E-state index in [2.05, 4.69) is 25.7 Å². The van der Waals surface area contributed by atoms with Gasteiger partial charge in [-0.15, -0.1) is 0 Å². The first-order valence-electron chi connectivity index (χ1n) is 6.42. The van der Waals surface area contributed by atoms with Crippen LogP contribution in [0.3, 0.4) is 0 Å². The molecule has 0 fully saturated rings. The zero-order valence-corrected chi connectivity index (χ0v) is 12.1. The Morgan fingerprint density at radius 2 is 2.00 bits per heavy atom. The van der Waals surface area contributed by atoms with Gasteiger partial charge >= 0.3 is 5.69 Å². The summed E-state index contributed by atoms with van der Waals surface area (Å²) in [5.74, 6) is 1.08. The number of hydrogen-bond donors (Lipinski definition) is 2. The van der Waals surface area contributed by atoms with Crippen LogP contribution in [0.1, 0.15) is 26.3 Å². The smallest absolute Gasteiger partial charge is 0.363 e. The molecule has 0 bridgehead atoms. The lowest BCUT2D eigenvalue weighted by Crippen LogP contribution is -2.22. The highest BCUT2D eigenvalue weighted by atomic mass is 16.5. The fraction of sp³-hybridized carbons (Fsp3) is 0.286. The number of hydrogen-bond acceptors (Lipinski definition) is 6. The number of aromatic nitrogens is 3. The summed E-state index contributed by atoms with van der Waals surface area (Å²) in [5, 5.41) is 9.77. The van der Waals surface area contributed by atoms with E-state index in [1.54, 1.807) is 6.21 Å². The molecule has 2 rings (SSSR count). The summed E-state index contributed by atoms with van der Waals surface area (Å²) < 4.78 is 5.73. The van der Waals surface area contributed by atoms with Crippen LogP contribution in [-0.2, 0) is 0 Å². The molecule has 0 atom stereocenters. The van der Waals surface area contributed by atoms with Crippen molar-refractivity contribution in [2.75, 3.05) is 5.43 Å². The molecule has 1 aromatic carbocycles. The minimum absolute atomic E-state index is 0.226. The van der Waals surface area contributed by atoms with E-state index in [0.717, 1.165) is 11.3 Å². The first-order chi connectivity index (χ1) is 9.92. The second kappa shape index (κ2) is 6.17. The number of rotatable bonds is 4. The van der Waals surface area contributed by atoms with Gasteiger partial charge in [0.1, 0.15) is 11.4 Å². The summed E-state index contributed by atoms with van der Waals surface area (Å²) in [6, 6.07) is 7.52. The number of nitrogens with one attached hydrogen (secondary N) is 2. The third-order valence-corrected chi connectivity index (χ3v) is 2.27. The monoisotopic (exact) mass is 287 g/mol. The van der Waals surface area contributed by atoms with E-state index in [0.29, 0.717) is 0 Å². The zero-order chi connectivity index (χ0) is 15.3. The fourth-order valence-corrected chi connectivity index (χ4v) is 1.51. The topological polar surface area (TPSA) is 92.3 Å². The van der Waals surface area contributed by atoms with Crippen LogP contribution in [0.4, 0.5) is 5.82 Å². The molecule has 0 amide bonds. The highest BCUT2D eigenvalue weighted by molar-refractivity contribution is 5.80. The Morgan fingerprint density at radius 3 is 2.62 bits per heavy atom. The van der Waals surface area contributed by atoms with Gasteiger partial charge in [-0.2, -0.15) is 15.2 Å². The van der Waals surface area contributed by atoms with E-state index in [4.69, 9.17) is 4.74 Å². The summed E-state index contributed by atoms with van der Waals surface area (Å²) in [7, 11) is 0. The fourth-order valence-electron chi connectivity index (χ4n) is 1.51. The molecule has 7 nitrogen and oxygen atoms in total. The minimum atomic E-state index is -0.529. The lowest BCUT2D eigenvalue weighted by atomic mass is 10.2. The van der Waals surface area contributed by atoms with Gasteiger partial charge in [0.2, 0.25) is 0 Å². The Kier molecular flexibility index (Phi) is 4.32. The van der Waals surface area contributed by atoms with Gasteiger partial charge in [0.25, 0.3) is 0 Å². The van der Waals surface area contributed by atoms with Crippen molar-refractivity contribution in [2.24, 2.45) is 5.10 Å². The molecular formula is C14H17N5O2. The summed E-state index contributed by atoms with van der Waals surface area (Å²) >= 11 is 0. The molecule has 0 aliphatic carbocycles. The number of aromatic amines is 1. The number of anilines is 1. The normalized spacial score (nSPS) is 11.6. The van der Waals surface area contributed by atoms with Gasteiger partial charge in [-0.05, 0) is 50.6 Å². The first-order valence-corrected chi connectivity index (χ1v) is 6.42. The van der Waals surface area contributed by atoms with Gasteiger partial charge < -0.3 is 4.74 Å². The van der Waals surface area contributed by atoms with Crippen LogP contribution in [-0.4, -0.2) is 27.0 Å². The summed E-state index contributed by atoms with van der Waals surface area (Å²) in [5.41, 5.74) is 2.77. The van der Waals surface area contributed by atoms with Crippen LogP contribution in [0.2, 0.25) is 0 Å². The average Bonchev–Trinajstić information content (AvgIpc) is 2.39. The summed E-state index contributed by atoms with van der Waals surface area (Å²) in [4.78, 5) is 14.6. The standard InChI is InChI=1S/C14H17N5O2/c1-14(2,3)21-11-6-4-10(5-7-11)8-15-18-12-9-16-19-13(20)17-12/h4-9H,1-3H3,(H2,17,18,19,20)/b15-8+. The van der Waals surface area contributed by atoms with Crippen molar-refractivity contribution in [2.45, 2.75) is 26.4 Å². The highest BCUT2D eigenvalue weighted by Gasteiger charge is 2.10. The van der Waals surface area contributed by atoms with Crippen LogP contribution in [0, 0.1) is 0 Å². The van der Waals surface area contributed by atoms with Gasteiger partial charge in [0.15, 0.2) is 5.82 Å². The van der Waals surface area contributed by atoms with Crippen LogP contribution in [0.5, 0.6) is 5.75 Å². The van der Waals surface area contributed by atoms with E-state index >= 15 is 0 Å². The van der Waals surface area contributed by atoms with Crippen molar-refractivity contribution < 1.29 is 4.74 Å². The average molecular weight is 287 g/mol. The quantitative estimate of drug-likeness (QED) is 0.660. The van der Waals surface area contributed by atoms with E-state index in [-0.39, 0.29) is 11.4 Å². The van der Waals surface area contributed by atoms with Crippen molar-refractivity contribution in [1.29, 1.82) is 0 Å². The van der Waals surface area contributed by atoms with Crippen LogP contribution >= 0.6 is 0 Å². The Labute approximate surface area is 122 Å². The van der Waals surface area contributed by atoms with Crippen molar-refractivity contribution >= 4 is 12.0 Å². The lowest BCUT2D eigenvalue weighted by molar-refractivity contribution is 0.131. The van der Waals surface area contributed by atoms with E-state index in [1.807, 2.05) is 45.0 Å². The second-order valence-corrected chi connectivity index (χ2v) is 5.33. The lowest BCUT2D eigenvalue weighted by Gasteiger charge is -2.21. The van der Waals surface area contributed by atoms with Gasteiger partial charge in [-0.3, -0.25) is 5.43 Å². The number of nitrogens with zero attached hydrogens (tertiary/aromatic N) is 3. The van der Waals surface area contributed by atoms with Crippen molar-refractivity contribution in [3.8, 4) is 5.75 Å². The van der Waals surface area contributed by atoms with Crippen molar-refractivity contribution in [3.63, 3.8) is 0 Å². The molecule has 7 heteroatoms. The maximum atomic E-state index is 10.9. The maximum Gasteiger partial charge on any atom is 0.363 e. The number of H-pyrrole nitrogens is 1. The molecule has 0 saturated heterocycles. The third-order valence-electron chi connectivity index (χ3n) is 2.27. The number of hydrazone groups is 1. The molecular weight excluding hydrogens is 270 g/mol. The Hall–Kier alpha value is -2.70. The molecule has 0 spiro atoms. The van der Waals surface area contributed by atoms with E-state index in [9.17, 15) is 4.79 Å². The van der Waals surface area contributed by atoms with Crippen molar-refractivity contribution in [3.05, 3.63) is 46.5 Å². The van der Waals surface area contributed by atoms with Crippen LogP contribution in [0.15, 0.2) is 40.4 Å². The largest absolute Gasteiger partial charge is 0.488 e. The molecule has 1 aromatic heterocycles. The maximum absolute atomic E-state index is 10.9. The van der Waals surface area contributed by atoms with Crippen LogP contribution < -0.4 is 15.9 Å². The highest BCUT2D eigenvalue weighted by Crippen LogP contribution is 2.17. The molecule has 21 heavy (non-hydrogen) atoms. The molecule has 0 aliphatic rings. The van der Waals surface area contributed by atoms with Crippen LogP contribution in [0.25, 0.3) is 0 Å². The Morgan fingerprint density at radius 1 is 1.29 bits per heavy atom. The summed E-state index contributed by atoms with van der Waals surface area (Å²) in [6.07, 6.45) is 2.99.